The Labute approximate surface area is 537 Å². The number of rotatable bonds is 67. The lowest BCUT2D eigenvalue weighted by Crippen LogP contribution is -2.30. The van der Waals surface area contributed by atoms with Crippen molar-refractivity contribution in [3.63, 3.8) is 0 Å². The summed E-state index contributed by atoms with van der Waals surface area (Å²) in [5, 5.41) is 10.5. The fourth-order valence-electron chi connectivity index (χ4n) is 10.4. The third-order valence-electron chi connectivity index (χ3n) is 15.9. The fraction of sp³-hybridized carbons (Fsp3) is 0.942. The molecule has 0 rings (SSSR count). The molecule has 0 aromatic heterocycles. The highest BCUT2D eigenvalue weighted by Gasteiger charge is 2.30. The molecule has 5 atom stereocenters. The fourth-order valence-corrected chi connectivity index (χ4v) is 11.9. The van der Waals surface area contributed by atoms with Crippen molar-refractivity contribution in [2.24, 2.45) is 17.8 Å². The SMILES string of the molecule is CCCCCCCC(=O)OC[C@H](COP(=O)(O)OC[C@H](O)COP(=O)(O)OC[C@@H](COC(=O)CCCCCCCCCCCCCCCC(C)C)OC(=O)CCCCCCCCCCCCCCCCC(C)C)OC(=O)CCCCCCCCCC(C)C. The van der Waals surface area contributed by atoms with E-state index in [9.17, 15) is 43.2 Å². The topological polar surface area (TPSA) is 237 Å². The van der Waals surface area contributed by atoms with Crippen molar-refractivity contribution >= 4 is 39.5 Å². The second-order valence-corrected chi connectivity index (χ2v) is 29.3. The molecule has 0 aliphatic heterocycles. The first-order valence-electron chi connectivity index (χ1n) is 35.8. The Hall–Kier alpha value is -1.94. The lowest BCUT2D eigenvalue weighted by Gasteiger charge is -2.21. The summed E-state index contributed by atoms with van der Waals surface area (Å²) in [6.45, 7) is 11.7. The molecule has 0 heterocycles. The van der Waals surface area contributed by atoms with Crippen LogP contribution in [0.1, 0.15) is 344 Å². The van der Waals surface area contributed by atoms with Gasteiger partial charge in [0.05, 0.1) is 26.4 Å². The summed E-state index contributed by atoms with van der Waals surface area (Å²) in [4.78, 5) is 72.2. The summed E-state index contributed by atoms with van der Waals surface area (Å²) in [7, 11) is -9.89. The van der Waals surface area contributed by atoms with Gasteiger partial charge in [0.15, 0.2) is 12.2 Å². The van der Waals surface area contributed by atoms with Crippen molar-refractivity contribution in [2.45, 2.75) is 362 Å². The molecule has 0 aliphatic carbocycles. The van der Waals surface area contributed by atoms with Crippen molar-refractivity contribution in [3.8, 4) is 0 Å². The Kier molecular flexibility index (Phi) is 58.7. The monoisotopic (exact) mass is 1300 g/mol. The van der Waals surface area contributed by atoms with E-state index in [1.54, 1.807) is 0 Å². The van der Waals surface area contributed by atoms with Gasteiger partial charge >= 0.3 is 39.5 Å². The third kappa shape index (κ3) is 62.8. The number of carbonyl (C=O) groups excluding carboxylic acids is 4. The van der Waals surface area contributed by atoms with Crippen LogP contribution in [0, 0.1) is 17.8 Å². The number of phosphoric ester groups is 2. The van der Waals surface area contributed by atoms with Gasteiger partial charge in [-0.15, -0.1) is 0 Å². The van der Waals surface area contributed by atoms with Gasteiger partial charge in [-0.2, -0.15) is 0 Å². The van der Waals surface area contributed by atoms with E-state index in [4.69, 9.17) is 37.0 Å². The van der Waals surface area contributed by atoms with Gasteiger partial charge in [0.1, 0.15) is 19.3 Å². The minimum absolute atomic E-state index is 0.102. The molecule has 0 bridgehead atoms. The van der Waals surface area contributed by atoms with Gasteiger partial charge in [-0.05, 0) is 43.4 Å². The quantitative estimate of drug-likeness (QED) is 0.0222. The maximum atomic E-state index is 13.0. The second-order valence-electron chi connectivity index (χ2n) is 26.3. The van der Waals surface area contributed by atoms with Crippen molar-refractivity contribution in [1.82, 2.24) is 0 Å². The number of aliphatic hydroxyl groups is 1. The molecule has 0 fully saturated rings. The summed E-state index contributed by atoms with van der Waals surface area (Å²) in [5.41, 5.74) is 0. The Balaban J connectivity index is 5.16. The van der Waals surface area contributed by atoms with E-state index >= 15 is 0 Å². The van der Waals surface area contributed by atoms with Crippen molar-refractivity contribution in [1.29, 1.82) is 0 Å². The maximum absolute atomic E-state index is 13.0. The van der Waals surface area contributed by atoms with Gasteiger partial charge in [-0.25, -0.2) is 9.13 Å². The van der Waals surface area contributed by atoms with Crippen LogP contribution in [0.2, 0.25) is 0 Å². The normalized spacial score (nSPS) is 14.2. The first-order chi connectivity index (χ1) is 42.2. The predicted molar refractivity (Wildman–Crippen MR) is 354 cm³/mol. The molecule has 0 saturated carbocycles. The zero-order chi connectivity index (χ0) is 65.2. The van der Waals surface area contributed by atoms with Crippen LogP contribution in [0.15, 0.2) is 0 Å². The summed E-state index contributed by atoms with van der Waals surface area (Å²) >= 11 is 0. The van der Waals surface area contributed by atoms with Crippen LogP contribution < -0.4 is 0 Å². The molecule has 0 aliphatic rings. The highest BCUT2D eigenvalue weighted by atomic mass is 31.2. The molecule has 88 heavy (non-hydrogen) atoms. The zero-order valence-electron chi connectivity index (χ0n) is 57.2. The van der Waals surface area contributed by atoms with Crippen LogP contribution in [0.5, 0.6) is 0 Å². The minimum atomic E-state index is -4.95. The molecule has 0 spiro atoms. The molecule has 0 amide bonds. The van der Waals surface area contributed by atoms with Crippen LogP contribution in [-0.4, -0.2) is 96.7 Å². The summed E-state index contributed by atoms with van der Waals surface area (Å²) < 4.78 is 68.0. The van der Waals surface area contributed by atoms with E-state index in [1.807, 2.05) is 0 Å². The first-order valence-corrected chi connectivity index (χ1v) is 38.8. The molecule has 522 valence electrons. The van der Waals surface area contributed by atoms with Crippen LogP contribution in [0.25, 0.3) is 0 Å². The average molecular weight is 1300 g/mol. The van der Waals surface area contributed by atoms with E-state index in [2.05, 4.69) is 48.5 Å². The van der Waals surface area contributed by atoms with Gasteiger partial charge in [0, 0.05) is 25.7 Å². The standard InChI is InChI=1S/C69H134O17P2/c1-8-9-10-33-43-50-66(71)79-56-64(85-69(74)53-46-39-32-26-29-36-42-49-62(6)7)58-83-87(75,76)81-54-63(70)55-82-88(77,78)84-59-65(57-80-67(72)51-44-37-30-24-20-17-13-15-19-23-28-35-41-48-61(4)5)86-68(73)52-45-38-31-25-21-16-12-11-14-18-22-27-34-40-47-60(2)3/h60-65,70H,8-59H2,1-7H3,(H,75,76)(H,77,78)/t63-,64+,65+/m0/s1. The Morgan fingerprint density at radius 3 is 0.773 bits per heavy atom. The van der Waals surface area contributed by atoms with Gasteiger partial charge in [0.25, 0.3) is 0 Å². The number of carbonyl (C=O) groups is 4. The Morgan fingerprint density at radius 2 is 0.523 bits per heavy atom. The van der Waals surface area contributed by atoms with E-state index in [1.165, 1.54) is 148 Å². The molecule has 3 N–H and O–H groups in total. The Morgan fingerprint density at radius 1 is 0.307 bits per heavy atom. The molecule has 2 unspecified atom stereocenters. The molecule has 0 saturated heterocycles. The average Bonchev–Trinajstić information content (AvgIpc) is 3.60. The van der Waals surface area contributed by atoms with Gasteiger partial charge in [0.2, 0.25) is 0 Å². The number of aliphatic hydroxyl groups excluding tert-OH is 1. The number of esters is 4. The summed E-state index contributed by atoms with van der Waals surface area (Å²) in [6, 6.07) is 0. The van der Waals surface area contributed by atoms with Gasteiger partial charge in [-0.3, -0.25) is 37.3 Å². The summed E-state index contributed by atoms with van der Waals surface area (Å²) in [6.07, 6.45) is 43.6. The highest BCUT2D eigenvalue weighted by molar-refractivity contribution is 7.47. The smallest absolute Gasteiger partial charge is 0.462 e. The van der Waals surface area contributed by atoms with E-state index in [0.29, 0.717) is 31.6 Å². The minimum Gasteiger partial charge on any atom is -0.462 e. The molecule has 0 aromatic rings. The number of phosphoric acid groups is 2. The zero-order valence-corrected chi connectivity index (χ0v) is 59.0. The third-order valence-corrected chi connectivity index (χ3v) is 17.8. The van der Waals surface area contributed by atoms with Crippen LogP contribution in [-0.2, 0) is 65.4 Å². The first kappa shape index (κ1) is 86.1. The molecular weight excluding hydrogens is 1160 g/mol. The van der Waals surface area contributed by atoms with Crippen LogP contribution in [0.4, 0.5) is 0 Å². The predicted octanol–water partition coefficient (Wildman–Crippen LogP) is 19.5. The summed E-state index contributed by atoms with van der Waals surface area (Å²) in [5.74, 6) is 0.142. The van der Waals surface area contributed by atoms with E-state index < -0.39 is 97.5 Å². The van der Waals surface area contributed by atoms with Crippen molar-refractivity contribution in [3.05, 3.63) is 0 Å². The largest absolute Gasteiger partial charge is 0.472 e. The Bertz CT molecular complexity index is 1730. The lowest BCUT2D eigenvalue weighted by atomic mass is 10.0. The maximum Gasteiger partial charge on any atom is 0.472 e. The molecule has 0 aromatic carbocycles. The molecular formula is C69H134O17P2. The van der Waals surface area contributed by atoms with Crippen LogP contribution in [0.3, 0.4) is 0 Å². The number of hydrogen-bond donors (Lipinski definition) is 3. The second kappa shape index (κ2) is 60.0. The number of ether oxygens (including phenoxy) is 4. The number of unbranched alkanes of at least 4 members (excludes halogenated alkanes) is 35. The molecule has 0 radical (unpaired) electrons. The van der Waals surface area contributed by atoms with Gasteiger partial charge < -0.3 is 33.8 Å². The van der Waals surface area contributed by atoms with Crippen molar-refractivity contribution < 1.29 is 80.2 Å². The number of hydrogen-bond acceptors (Lipinski definition) is 15. The van der Waals surface area contributed by atoms with Crippen LogP contribution >= 0.6 is 15.6 Å². The van der Waals surface area contributed by atoms with E-state index in [0.717, 1.165) is 108 Å². The van der Waals surface area contributed by atoms with Gasteiger partial charge in [-0.1, -0.05) is 292 Å². The highest BCUT2D eigenvalue weighted by Crippen LogP contribution is 2.45. The van der Waals surface area contributed by atoms with Crippen molar-refractivity contribution in [2.75, 3.05) is 39.6 Å². The van der Waals surface area contributed by atoms with E-state index in [-0.39, 0.29) is 25.7 Å². The molecule has 19 heteroatoms. The molecule has 17 nitrogen and oxygen atoms in total. The lowest BCUT2D eigenvalue weighted by molar-refractivity contribution is -0.161.